The van der Waals surface area contributed by atoms with Gasteiger partial charge in [0.25, 0.3) is 0 Å². The van der Waals surface area contributed by atoms with E-state index in [1.807, 2.05) is 0 Å². The fourth-order valence-corrected chi connectivity index (χ4v) is 3.21. The summed E-state index contributed by atoms with van der Waals surface area (Å²) in [6.07, 6.45) is 9.40. The molecule has 3 nitrogen and oxygen atoms in total. The van der Waals surface area contributed by atoms with Gasteiger partial charge in [0.2, 0.25) is 5.91 Å². The molecule has 0 bridgehead atoms. The maximum Gasteiger partial charge on any atom is 0.227 e. The van der Waals surface area contributed by atoms with Gasteiger partial charge in [-0.3, -0.25) is 4.79 Å². The van der Waals surface area contributed by atoms with E-state index in [1.165, 1.54) is 32.1 Å². The van der Waals surface area contributed by atoms with Crippen LogP contribution in [0, 0.1) is 5.41 Å². The van der Waals surface area contributed by atoms with E-state index >= 15 is 0 Å². The van der Waals surface area contributed by atoms with Crippen molar-refractivity contribution in [2.24, 2.45) is 5.41 Å². The molecule has 1 aliphatic carbocycles. The highest BCUT2D eigenvalue weighted by atomic mass is 16.2. The molecule has 2 rings (SSSR count). The van der Waals surface area contributed by atoms with Crippen molar-refractivity contribution in [2.75, 3.05) is 13.1 Å². The predicted molar refractivity (Wildman–Crippen MR) is 69.8 cm³/mol. The van der Waals surface area contributed by atoms with Gasteiger partial charge in [0, 0.05) is 12.6 Å². The lowest BCUT2D eigenvalue weighted by molar-refractivity contribution is -0.133. The Morgan fingerprint density at radius 1 is 1.29 bits per heavy atom. The first-order valence-corrected chi connectivity index (χ1v) is 7.28. The van der Waals surface area contributed by atoms with Crippen LogP contribution in [0.25, 0.3) is 0 Å². The van der Waals surface area contributed by atoms with Crippen molar-refractivity contribution in [3.05, 3.63) is 0 Å². The largest absolute Gasteiger partial charge is 0.353 e. The Labute approximate surface area is 105 Å². The Morgan fingerprint density at radius 2 is 2.06 bits per heavy atom. The summed E-state index contributed by atoms with van der Waals surface area (Å²) in [5, 5.41) is 6.69. The van der Waals surface area contributed by atoms with Crippen LogP contribution in [0.4, 0.5) is 0 Å². The first-order chi connectivity index (χ1) is 8.27. The van der Waals surface area contributed by atoms with Gasteiger partial charge in [-0.15, -0.1) is 0 Å². The highest BCUT2D eigenvalue weighted by Gasteiger charge is 2.38. The lowest BCUT2D eigenvalue weighted by atomic mass is 9.77. The molecule has 0 aromatic rings. The Kier molecular flexibility index (Phi) is 4.43. The predicted octanol–water partition coefficient (Wildman–Crippen LogP) is 2.22. The Morgan fingerprint density at radius 3 is 2.65 bits per heavy atom. The van der Waals surface area contributed by atoms with Crippen molar-refractivity contribution >= 4 is 5.91 Å². The third-order valence-corrected chi connectivity index (χ3v) is 4.57. The van der Waals surface area contributed by atoms with Crippen LogP contribution in [0.1, 0.15) is 58.3 Å². The average molecular weight is 238 g/mol. The molecule has 1 atom stereocenters. The van der Waals surface area contributed by atoms with Crippen LogP contribution in [0.15, 0.2) is 0 Å². The normalized spacial score (nSPS) is 31.1. The summed E-state index contributed by atoms with van der Waals surface area (Å²) in [5.41, 5.74) is -0.129. The van der Waals surface area contributed by atoms with Crippen LogP contribution < -0.4 is 10.6 Å². The Balaban J connectivity index is 1.91. The first-order valence-electron chi connectivity index (χ1n) is 7.28. The number of piperidine rings is 1. The van der Waals surface area contributed by atoms with Gasteiger partial charge in [0.1, 0.15) is 0 Å². The number of hydrogen-bond acceptors (Lipinski definition) is 2. The maximum atomic E-state index is 12.5. The fraction of sp³-hybridized carbons (Fsp3) is 0.929. The molecule has 1 aliphatic heterocycles. The molecule has 1 amide bonds. The van der Waals surface area contributed by atoms with Gasteiger partial charge in [0.05, 0.1) is 5.41 Å². The molecule has 0 spiro atoms. The summed E-state index contributed by atoms with van der Waals surface area (Å²) in [6, 6.07) is 0.446. The van der Waals surface area contributed by atoms with Crippen LogP contribution in [-0.4, -0.2) is 25.0 Å². The van der Waals surface area contributed by atoms with Gasteiger partial charge in [0.15, 0.2) is 0 Å². The molecule has 3 heteroatoms. The Bertz CT molecular complexity index is 253. The van der Waals surface area contributed by atoms with Crippen LogP contribution in [0.5, 0.6) is 0 Å². The third kappa shape index (κ3) is 3.01. The van der Waals surface area contributed by atoms with E-state index in [2.05, 4.69) is 17.6 Å². The van der Waals surface area contributed by atoms with Crippen LogP contribution in [0.3, 0.4) is 0 Å². The van der Waals surface area contributed by atoms with E-state index < -0.39 is 0 Å². The molecule has 1 saturated carbocycles. The molecule has 2 aliphatic rings. The maximum absolute atomic E-state index is 12.5. The molecule has 1 heterocycles. The van der Waals surface area contributed by atoms with Gasteiger partial charge in [-0.25, -0.2) is 0 Å². The minimum atomic E-state index is -0.129. The van der Waals surface area contributed by atoms with Gasteiger partial charge in [-0.05, 0) is 38.6 Å². The molecule has 0 radical (unpaired) electrons. The topological polar surface area (TPSA) is 41.1 Å². The van der Waals surface area contributed by atoms with Crippen molar-refractivity contribution in [1.29, 1.82) is 0 Å². The van der Waals surface area contributed by atoms with E-state index in [0.717, 1.165) is 32.4 Å². The number of nitrogens with one attached hydrogen (secondary N) is 2. The summed E-state index contributed by atoms with van der Waals surface area (Å²) in [7, 11) is 0. The van der Waals surface area contributed by atoms with E-state index in [0.29, 0.717) is 11.9 Å². The average Bonchev–Trinajstić information content (AvgIpc) is 2.40. The molecule has 0 aromatic heterocycles. The quantitative estimate of drug-likeness (QED) is 0.791. The first kappa shape index (κ1) is 12.9. The number of hydrogen-bond donors (Lipinski definition) is 2. The molecular formula is C14H26N2O. The zero-order valence-corrected chi connectivity index (χ0v) is 11.1. The number of carbonyl (C=O) groups is 1. The molecule has 2 fully saturated rings. The van der Waals surface area contributed by atoms with Crippen LogP contribution in [0.2, 0.25) is 0 Å². The minimum absolute atomic E-state index is 0.129. The summed E-state index contributed by atoms with van der Waals surface area (Å²) in [5.74, 6) is 0.305. The zero-order valence-electron chi connectivity index (χ0n) is 11.1. The summed E-state index contributed by atoms with van der Waals surface area (Å²) in [6.45, 7) is 4.08. The van der Waals surface area contributed by atoms with Gasteiger partial charge >= 0.3 is 0 Å². The molecule has 2 N–H and O–H groups in total. The van der Waals surface area contributed by atoms with Crippen molar-refractivity contribution in [3.8, 4) is 0 Å². The SMILES string of the molecule is CCC1(C(=O)NC2CCCCC2)CCCNC1. The van der Waals surface area contributed by atoms with Gasteiger partial charge in [-0.1, -0.05) is 26.2 Å². The number of carbonyl (C=O) groups excluding carboxylic acids is 1. The highest BCUT2D eigenvalue weighted by molar-refractivity contribution is 5.83. The molecule has 0 aromatic carbocycles. The van der Waals surface area contributed by atoms with Crippen molar-refractivity contribution in [2.45, 2.75) is 64.3 Å². The van der Waals surface area contributed by atoms with Crippen LogP contribution >= 0.6 is 0 Å². The summed E-state index contributed by atoms with van der Waals surface area (Å²) < 4.78 is 0. The van der Waals surface area contributed by atoms with Gasteiger partial charge < -0.3 is 10.6 Å². The second kappa shape index (κ2) is 5.85. The van der Waals surface area contributed by atoms with E-state index in [4.69, 9.17) is 0 Å². The molecule has 1 saturated heterocycles. The summed E-state index contributed by atoms with van der Waals surface area (Å²) >= 11 is 0. The fourth-order valence-electron chi connectivity index (χ4n) is 3.21. The Hall–Kier alpha value is -0.570. The van der Waals surface area contributed by atoms with Gasteiger partial charge in [-0.2, -0.15) is 0 Å². The highest BCUT2D eigenvalue weighted by Crippen LogP contribution is 2.31. The summed E-state index contributed by atoms with van der Waals surface area (Å²) in [4.78, 5) is 12.5. The molecule has 1 unspecified atom stereocenters. The second-order valence-corrected chi connectivity index (χ2v) is 5.72. The lowest BCUT2D eigenvalue weighted by Gasteiger charge is -2.37. The molecular weight excluding hydrogens is 212 g/mol. The smallest absolute Gasteiger partial charge is 0.227 e. The number of rotatable bonds is 3. The van der Waals surface area contributed by atoms with Crippen molar-refractivity contribution in [1.82, 2.24) is 10.6 Å². The van der Waals surface area contributed by atoms with E-state index in [-0.39, 0.29) is 5.41 Å². The lowest BCUT2D eigenvalue weighted by Crippen LogP contribution is -2.52. The monoisotopic (exact) mass is 238 g/mol. The number of amides is 1. The molecule has 17 heavy (non-hydrogen) atoms. The van der Waals surface area contributed by atoms with Crippen LogP contribution in [-0.2, 0) is 4.79 Å². The third-order valence-electron chi connectivity index (χ3n) is 4.57. The second-order valence-electron chi connectivity index (χ2n) is 5.72. The zero-order chi connectivity index (χ0) is 12.1. The molecule has 98 valence electrons. The minimum Gasteiger partial charge on any atom is -0.353 e. The van der Waals surface area contributed by atoms with E-state index in [9.17, 15) is 4.79 Å². The van der Waals surface area contributed by atoms with E-state index in [1.54, 1.807) is 0 Å². The van der Waals surface area contributed by atoms with Crippen molar-refractivity contribution < 1.29 is 4.79 Å². The standard InChI is InChI=1S/C14H26N2O/c1-2-14(9-6-10-15-11-14)13(17)16-12-7-4-3-5-8-12/h12,15H,2-11H2,1H3,(H,16,17). The van der Waals surface area contributed by atoms with Crippen molar-refractivity contribution in [3.63, 3.8) is 0 Å².